The number of nitro benzene ring substituents is 2. The number of nitrogens with zero attached hydrogens (tertiary/aromatic N) is 3. The predicted molar refractivity (Wildman–Crippen MR) is 85.6 cm³/mol. The molecule has 2 rings (SSSR count). The maximum atomic E-state index is 11.0. The van der Waals surface area contributed by atoms with E-state index in [1.807, 2.05) is 0 Å². The lowest BCUT2D eigenvalue weighted by molar-refractivity contribution is -0.393. The fourth-order valence-corrected chi connectivity index (χ4v) is 1.83. The summed E-state index contributed by atoms with van der Waals surface area (Å²) in [6.07, 6.45) is 1.35. The lowest BCUT2D eigenvalue weighted by atomic mass is 10.2. The van der Waals surface area contributed by atoms with Gasteiger partial charge in [0.2, 0.25) is 0 Å². The molecule has 0 aliphatic heterocycles. The normalized spacial score (nSPS) is 10.5. The number of hydrogen-bond donors (Lipinski definition) is 2. The molecule has 0 bridgehead atoms. The van der Waals surface area contributed by atoms with Gasteiger partial charge in [0.15, 0.2) is 11.5 Å². The standard InChI is InChI=1S/C14H12N4O6/c1-24-14-6-9(2-5-13(14)19)8-15-16-11-4-3-10(17(20)21)7-12(11)18(22)23/h2-8,16,19H,1H3/b15-8-. The highest BCUT2D eigenvalue weighted by Crippen LogP contribution is 2.29. The minimum atomic E-state index is -0.742. The van der Waals surface area contributed by atoms with Crippen LogP contribution in [0.2, 0.25) is 0 Å². The van der Waals surface area contributed by atoms with Gasteiger partial charge in [-0.2, -0.15) is 5.10 Å². The van der Waals surface area contributed by atoms with Crippen molar-refractivity contribution in [1.82, 2.24) is 0 Å². The highest BCUT2D eigenvalue weighted by atomic mass is 16.6. The number of ether oxygens (including phenoxy) is 1. The number of non-ortho nitro benzene ring substituents is 1. The third kappa shape index (κ3) is 3.74. The van der Waals surface area contributed by atoms with Crippen LogP contribution in [0.3, 0.4) is 0 Å². The van der Waals surface area contributed by atoms with Crippen molar-refractivity contribution >= 4 is 23.3 Å². The molecular formula is C14H12N4O6. The van der Waals surface area contributed by atoms with Crippen molar-refractivity contribution < 1.29 is 19.7 Å². The average molecular weight is 332 g/mol. The lowest BCUT2D eigenvalue weighted by Gasteiger charge is -2.04. The zero-order chi connectivity index (χ0) is 17.7. The number of benzene rings is 2. The van der Waals surface area contributed by atoms with E-state index in [0.29, 0.717) is 5.56 Å². The van der Waals surface area contributed by atoms with E-state index in [0.717, 1.165) is 12.1 Å². The Balaban J connectivity index is 2.22. The highest BCUT2D eigenvalue weighted by Gasteiger charge is 2.19. The van der Waals surface area contributed by atoms with E-state index in [-0.39, 0.29) is 22.9 Å². The number of nitrogens with one attached hydrogen (secondary N) is 1. The number of methoxy groups -OCH3 is 1. The van der Waals surface area contributed by atoms with Crippen LogP contribution in [0.5, 0.6) is 11.5 Å². The van der Waals surface area contributed by atoms with E-state index in [1.54, 1.807) is 6.07 Å². The van der Waals surface area contributed by atoms with Gasteiger partial charge in [-0.3, -0.25) is 25.7 Å². The zero-order valence-electron chi connectivity index (χ0n) is 12.4. The molecule has 0 saturated heterocycles. The molecule has 10 heteroatoms. The van der Waals surface area contributed by atoms with Crippen LogP contribution < -0.4 is 10.2 Å². The number of phenols is 1. The molecule has 10 nitrogen and oxygen atoms in total. The molecule has 0 heterocycles. The van der Waals surface area contributed by atoms with Crippen molar-refractivity contribution in [1.29, 1.82) is 0 Å². The third-order valence-electron chi connectivity index (χ3n) is 2.99. The topological polar surface area (TPSA) is 140 Å². The molecule has 2 aromatic carbocycles. The van der Waals surface area contributed by atoms with Gasteiger partial charge in [0.05, 0.1) is 29.2 Å². The maximum Gasteiger partial charge on any atom is 0.301 e. The number of phenolic OH excluding ortho intramolecular Hbond substituents is 1. The fraction of sp³-hybridized carbons (Fsp3) is 0.0714. The first-order valence-electron chi connectivity index (χ1n) is 6.51. The Hall–Kier alpha value is -3.69. The average Bonchev–Trinajstić information content (AvgIpc) is 2.56. The predicted octanol–water partition coefficient (Wildman–Crippen LogP) is 2.66. The van der Waals surface area contributed by atoms with Gasteiger partial charge >= 0.3 is 5.69 Å². The molecular weight excluding hydrogens is 320 g/mol. The summed E-state index contributed by atoms with van der Waals surface area (Å²) >= 11 is 0. The van der Waals surface area contributed by atoms with E-state index in [1.165, 1.54) is 31.5 Å². The Morgan fingerprint density at radius 3 is 2.54 bits per heavy atom. The van der Waals surface area contributed by atoms with Crippen LogP contribution >= 0.6 is 0 Å². The van der Waals surface area contributed by atoms with Crippen LogP contribution in [0.1, 0.15) is 5.56 Å². The summed E-state index contributed by atoms with van der Waals surface area (Å²) < 4.78 is 4.95. The van der Waals surface area contributed by atoms with E-state index < -0.39 is 15.5 Å². The molecule has 0 aliphatic rings. The maximum absolute atomic E-state index is 11.0. The van der Waals surface area contributed by atoms with E-state index >= 15 is 0 Å². The van der Waals surface area contributed by atoms with Crippen LogP contribution in [0.15, 0.2) is 41.5 Å². The summed E-state index contributed by atoms with van der Waals surface area (Å²) in [5, 5.41) is 35.0. The molecule has 0 aliphatic carbocycles. The Kier molecular flexibility index (Phi) is 4.90. The first-order chi connectivity index (χ1) is 11.4. The van der Waals surface area contributed by atoms with Crippen LogP contribution in [0.25, 0.3) is 0 Å². The number of anilines is 1. The molecule has 2 aromatic rings. The first-order valence-corrected chi connectivity index (χ1v) is 6.51. The number of hydrogen-bond acceptors (Lipinski definition) is 8. The molecule has 0 spiro atoms. The molecule has 0 saturated carbocycles. The minimum absolute atomic E-state index is 0.00703. The van der Waals surface area contributed by atoms with E-state index in [2.05, 4.69) is 10.5 Å². The summed E-state index contributed by atoms with van der Waals surface area (Å²) in [5.74, 6) is 0.217. The molecule has 124 valence electrons. The van der Waals surface area contributed by atoms with Gasteiger partial charge in [0, 0.05) is 6.07 Å². The Labute approximate surface area is 135 Å². The van der Waals surface area contributed by atoms with Gasteiger partial charge in [-0.1, -0.05) is 0 Å². The zero-order valence-corrected chi connectivity index (χ0v) is 12.4. The quantitative estimate of drug-likeness (QED) is 0.470. The number of rotatable bonds is 6. The summed E-state index contributed by atoms with van der Waals surface area (Å²) in [6, 6.07) is 7.67. The minimum Gasteiger partial charge on any atom is -0.504 e. The van der Waals surface area contributed by atoms with Gasteiger partial charge in [0.25, 0.3) is 5.69 Å². The van der Waals surface area contributed by atoms with Crippen molar-refractivity contribution in [2.45, 2.75) is 0 Å². The SMILES string of the molecule is COc1cc(/C=N\Nc2ccc([N+](=O)[O-])cc2[N+](=O)[O-])ccc1O. The second kappa shape index (κ2) is 7.05. The van der Waals surface area contributed by atoms with Gasteiger partial charge in [-0.15, -0.1) is 0 Å². The highest BCUT2D eigenvalue weighted by molar-refractivity contribution is 5.82. The molecule has 0 unspecified atom stereocenters. The van der Waals surface area contributed by atoms with Crippen molar-refractivity contribution in [3.8, 4) is 11.5 Å². The van der Waals surface area contributed by atoms with Crippen LogP contribution in [0.4, 0.5) is 17.1 Å². The summed E-state index contributed by atoms with van der Waals surface area (Å²) in [6.45, 7) is 0. The van der Waals surface area contributed by atoms with E-state index in [9.17, 15) is 25.3 Å². The molecule has 0 amide bonds. The van der Waals surface area contributed by atoms with Crippen molar-refractivity contribution in [3.63, 3.8) is 0 Å². The Morgan fingerprint density at radius 2 is 1.92 bits per heavy atom. The summed E-state index contributed by atoms with van der Waals surface area (Å²) in [7, 11) is 1.40. The monoisotopic (exact) mass is 332 g/mol. The number of aromatic hydroxyl groups is 1. The van der Waals surface area contributed by atoms with Crippen molar-refractivity contribution in [2.24, 2.45) is 5.10 Å². The molecule has 2 N–H and O–H groups in total. The van der Waals surface area contributed by atoms with Gasteiger partial charge in [-0.25, -0.2) is 0 Å². The van der Waals surface area contributed by atoms with Gasteiger partial charge in [0.1, 0.15) is 5.69 Å². The second-order valence-electron chi connectivity index (χ2n) is 4.52. The molecule has 0 atom stereocenters. The number of hydrazone groups is 1. The lowest BCUT2D eigenvalue weighted by Crippen LogP contribution is -1.98. The van der Waals surface area contributed by atoms with Crippen molar-refractivity contribution in [3.05, 3.63) is 62.2 Å². The third-order valence-corrected chi connectivity index (χ3v) is 2.99. The van der Waals surface area contributed by atoms with Crippen LogP contribution in [0, 0.1) is 20.2 Å². The fourth-order valence-electron chi connectivity index (χ4n) is 1.83. The van der Waals surface area contributed by atoms with E-state index in [4.69, 9.17) is 4.74 Å². The summed E-state index contributed by atoms with van der Waals surface area (Å²) in [5.41, 5.74) is 2.18. The van der Waals surface area contributed by atoms with Crippen LogP contribution in [-0.4, -0.2) is 28.3 Å². The van der Waals surface area contributed by atoms with Crippen molar-refractivity contribution in [2.75, 3.05) is 12.5 Å². The molecule has 0 radical (unpaired) electrons. The largest absolute Gasteiger partial charge is 0.504 e. The molecule has 0 fully saturated rings. The number of nitro groups is 2. The molecule has 24 heavy (non-hydrogen) atoms. The van der Waals surface area contributed by atoms with Gasteiger partial charge in [-0.05, 0) is 29.8 Å². The van der Waals surface area contributed by atoms with Crippen LogP contribution in [-0.2, 0) is 0 Å². The Morgan fingerprint density at radius 1 is 1.17 bits per heavy atom. The Bertz CT molecular complexity index is 821. The smallest absolute Gasteiger partial charge is 0.301 e. The molecule has 0 aromatic heterocycles. The second-order valence-corrected chi connectivity index (χ2v) is 4.52. The summed E-state index contributed by atoms with van der Waals surface area (Å²) in [4.78, 5) is 20.2. The first kappa shape index (κ1) is 16.7. The van der Waals surface area contributed by atoms with Gasteiger partial charge < -0.3 is 9.84 Å².